The first-order chi connectivity index (χ1) is 9.20. The summed E-state index contributed by atoms with van der Waals surface area (Å²) in [7, 11) is 0. The average Bonchev–Trinajstić information content (AvgIpc) is 2.86. The summed E-state index contributed by atoms with van der Waals surface area (Å²) >= 11 is 0. The predicted octanol–water partition coefficient (Wildman–Crippen LogP) is 2.59. The second-order valence-corrected chi connectivity index (χ2v) is 3.85. The second kappa shape index (κ2) is 5.69. The Kier molecular flexibility index (Phi) is 3.78. The monoisotopic (exact) mass is 256 g/mol. The summed E-state index contributed by atoms with van der Waals surface area (Å²) in [6.07, 6.45) is 0.308. The van der Waals surface area contributed by atoms with Crippen molar-refractivity contribution in [2.24, 2.45) is 0 Å². The summed E-state index contributed by atoms with van der Waals surface area (Å²) in [6, 6.07) is 11.3. The fourth-order valence-corrected chi connectivity index (χ4v) is 1.55. The van der Waals surface area contributed by atoms with Crippen molar-refractivity contribution < 1.29 is 9.53 Å². The number of anilines is 1. The van der Waals surface area contributed by atoms with Crippen molar-refractivity contribution in [2.45, 2.75) is 13.0 Å². The Morgan fingerprint density at radius 1 is 1.47 bits per heavy atom. The molecular weight excluding hydrogens is 244 g/mol. The number of benzene rings is 1. The Morgan fingerprint density at radius 2 is 2.21 bits per heavy atom. The molecule has 19 heavy (non-hydrogen) atoms. The van der Waals surface area contributed by atoms with Crippen molar-refractivity contribution in [3.63, 3.8) is 0 Å². The van der Waals surface area contributed by atoms with Gasteiger partial charge < -0.3 is 4.74 Å². The van der Waals surface area contributed by atoms with E-state index in [0.29, 0.717) is 0 Å². The maximum Gasteiger partial charge on any atom is 0.413 e. The van der Waals surface area contributed by atoms with Crippen LogP contribution in [-0.4, -0.2) is 16.3 Å². The van der Waals surface area contributed by atoms with Crippen molar-refractivity contribution in [1.82, 2.24) is 10.2 Å². The normalized spacial score (nSPS) is 11.4. The van der Waals surface area contributed by atoms with Gasteiger partial charge in [0.25, 0.3) is 0 Å². The molecule has 0 saturated carbocycles. The van der Waals surface area contributed by atoms with Crippen LogP contribution in [0.3, 0.4) is 0 Å². The van der Waals surface area contributed by atoms with E-state index in [1.54, 1.807) is 6.92 Å². The predicted molar refractivity (Wildman–Crippen MR) is 68.3 cm³/mol. The summed E-state index contributed by atoms with van der Waals surface area (Å²) < 4.78 is 5.20. The number of hydrogen-bond donors (Lipinski definition) is 2. The zero-order valence-corrected chi connectivity index (χ0v) is 10.3. The van der Waals surface area contributed by atoms with Crippen molar-refractivity contribution in [3.8, 4) is 6.07 Å². The van der Waals surface area contributed by atoms with Gasteiger partial charge in [0.2, 0.25) is 0 Å². The van der Waals surface area contributed by atoms with E-state index in [0.717, 1.165) is 5.56 Å². The molecule has 0 bridgehead atoms. The maximum atomic E-state index is 11.7. The van der Waals surface area contributed by atoms with Gasteiger partial charge in [-0.05, 0) is 12.5 Å². The molecule has 1 heterocycles. The molecule has 1 atom stereocenters. The lowest BCUT2D eigenvalue weighted by Crippen LogP contribution is -2.16. The molecule has 0 radical (unpaired) electrons. The summed E-state index contributed by atoms with van der Waals surface area (Å²) in [5.74, 6) is 0.229. The lowest BCUT2D eigenvalue weighted by molar-refractivity contribution is 0.121. The van der Waals surface area contributed by atoms with Crippen LogP contribution in [0, 0.1) is 11.3 Å². The van der Waals surface area contributed by atoms with Crippen LogP contribution in [0.4, 0.5) is 10.6 Å². The molecule has 6 heteroatoms. The van der Waals surface area contributed by atoms with Gasteiger partial charge in [-0.2, -0.15) is 10.4 Å². The third kappa shape index (κ3) is 3.10. The van der Waals surface area contributed by atoms with Crippen molar-refractivity contribution in [2.75, 3.05) is 5.32 Å². The number of nitrogens with zero attached hydrogens (tertiary/aromatic N) is 2. The molecule has 2 aromatic rings. The fraction of sp³-hybridized carbons (Fsp3) is 0.154. The number of nitriles is 1. The molecule has 0 aliphatic rings. The van der Waals surface area contributed by atoms with Crippen LogP contribution >= 0.6 is 0 Å². The highest BCUT2D eigenvalue weighted by atomic mass is 16.6. The number of H-pyrrole nitrogens is 1. The number of aromatic amines is 1. The molecule has 2 N–H and O–H groups in total. The Labute approximate surface area is 110 Å². The zero-order chi connectivity index (χ0) is 13.7. The van der Waals surface area contributed by atoms with E-state index < -0.39 is 6.09 Å². The fourth-order valence-electron chi connectivity index (χ4n) is 1.55. The maximum absolute atomic E-state index is 11.7. The number of rotatable bonds is 3. The summed E-state index contributed by atoms with van der Waals surface area (Å²) in [4.78, 5) is 11.7. The molecular formula is C13H12N4O2. The van der Waals surface area contributed by atoms with Crippen LogP contribution < -0.4 is 5.32 Å². The first-order valence-corrected chi connectivity index (χ1v) is 5.66. The van der Waals surface area contributed by atoms with Crippen LogP contribution in [0.2, 0.25) is 0 Å². The van der Waals surface area contributed by atoms with Gasteiger partial charge >= 0.3 is 6.09 Å². The van der Waals surface area contributed by atoms with Gasteiger partial charge in [0.15, 0.2) is 0 Å². The molecule has 6 nitrogen and oxygen atoms in total. The molecule has 1 amide bonds. The molecule has 0 saturated heterocycles. The molecule has 96 valence electrons. The van der Waals surface area contributed by atoms with E-state index in [-0.39, 0.29) is 17.5 Å². The van der Waals surface area contributed by atoms with Crippen molar-refractivity contribution in [3.05, 3.63) is 47.7 Å². The molecule has 1 aromatic carbocycles. The number of aromatic nitrogens is 2. The number of carbonyl (C=O) groups is 1. The van der Waals surface area contributed by atoms with E-state index in [9.17, 15) is 4.79 Å². The van der Waals surface area contributed by atoms with Gasteiger partial charge in [-0.15, -0.1) is 0 Å². The van der Waals surface area contributed by atoms with E-state index in [1.165, 1.54) is 6.20 Å². The van der Waals surface area contributed by atoms with Crippen molar-refractivity contribution in [1.29, 1.82) is 5.26 Å². The van der Waals surface area contributed by atoms with Crippen LogP contribution in [0.1, 0.15) is 24.2 Å². The first-order valence-electron chi connectivity index (χ1n) is 5.66. The van der Waals surface area contributed by atoms with E-state index >= 15 is 0 Å². The Balaban J connectivity index is 1.97. The van der Waals surface area contributed by atoms with Crippen molar-refractivity contribution >= 4 is 11.9 Å². The molecule has 1 aromatic heterocycles. The standard InChI is InChI=1S/C13H12N4O2/c1-9(10-5-3-2-4-6-10)19-13(18)16-12-11(7-14)8-15-17-12/h2-6,8-9H,1H3,(H2,15,16,17,18). The summed E-state index contributed by atoms with van der Waals surface area (Å²) in [5, 5.41) is 17.4. The largest absolute Gasteiger partial charge is 0.441 e. The Hall–Kier alpha value is -2.81. The molecule has 0 aliphatic carbocycles. The van der Waals surface area contributed by atoms with E-state index in [1.807, 2.05) is 36.4 Å². The van der Waals surface area contributed by atoms with Gasteiger partial charge in [-0.1, -0.05) is 30.3 Å². The number of nitrogens with one attached hydrogen (secondary N) is 2. The van der Waals surface area contributed by atoms with Gasteiger partial charge in [0.1, 0.15) is 23.6 Å². The third-order valence-corrected chi connectivity index (χ3v) is 2.54. The summed E-state index contributed by atoms with van der Waals surface area (Å²) in [6.45, 7) is 1.77. The van der Waals surface area contributed by atoms with E-state index in [2.05, 4.69) is 15.5 Å². The average molecular weight is 256 g/mol. The molecule has 0 fully saturated rings. The van der Waals surface area contributed by atoms with Crippen LogP contribution in [0.25, 0.3) is 0 Å². The topological polar surface area (TPSA) is 90.8 Å². The minimum absolute atomic E-state index is 0.229. The summed E-state index contributed by atoms with van der Waals surface area (Å²) in [5.41, 5.74) is 1.15. The van der Waals surface area contributed by atoms with Gasteiger partial charge in [-0.25, -0.2) is 4.79 Å². The van der Waals surface area contributed by atoms with Crippen LogP contribution in [-0.2, 0) is 4.74 Å². The van der Waals surface area contributed by atoms with E-state index in [4.69, 9.17) is 10.00 Å². The van der Waals surface area contributed by atoms with Crippen LogP contribution in [0.15, 0.2) is 36.5 Å². The third-order valence-electron chi connectivity index (χ3n) is 2.54. The minimum Gasteiger partial charge on any atom is -0.441 e. The lowest BCUT2D eigenvalue weighted by Gasteiger charge is -2.13. The highest BCUT2D eigenvalue weighted by Crippen LogP contribution is 2.17. The molecule has 2 rings (SSSR count). The highest BCUT2D eigenvalue weighted by Gasteiger charge is 2.13. The van der Waals surface area contributed by atoms with Gasteiger partial charge in [0, 0.05) is 0 Å². The smallest absolute Gasteiger partial charge is 0.413 e. The zero-order valence-electron chi connectivity index (χ0n) is 10.3. The van der Waals surface area contributed by atoms with Gasteiger partial charge in [0.05, 0.1) is 6.20 Å². The number of amides is 1. The number of hydrogen-bond acceptors (Lipinski definition) is 4. The Morgan fingerprint density at radius 3 is 2.89 bits per heavy atom. The number of carbonyl (C=O) groups excluding carboxylic acids is 1. The number of ether oxygens (including phenoxy) is 1. The van der Waals surface area contributed by atoms with Crippen LogP contribution in [0.5, 0.6) is 0 Å². The molecule has 0 spiro atoms. The first kappa shape index (κ1) is 12.6. The molecule has 0 aliphatic heterocycles. The highest BCUT2D eigenvalue weighted by molar-refractivity contribution is 5.85. The second-order valence-electron chi connectivity index (χ2n) is 3.85. The SMILES string of the molecule is CC(OC(=O)Nc1[nH]ncc1C#N)c1ccccc1. The quantitative estimate of drug-likeness (QED) is 0.883. The molecule has 1 unspecified atom stereocenters. The minimum atomic E-state index is -0.642. The lowest BCUT2D eigenvalue weighted by atomic mass is 10.1. The van der Waals surface area contributed by atoms with Gasteiger partial charge in [-0.3, -0.25) is 10.4 Å². The Bertz CT molecular complexity index is 601.